The van der Waals surface area contributed by atoms with Crippen molar-refractivity contribution in [3.05, 3.63) is 53.3 Å². The summed E-state index contributed by atoms with van der Waals surface area (Å²) < 4.78 is 16.3. The number of hydrogen-bond donors (Lipinski definition) is 1. The molecule has 1 atom stereocenters. The van der Waals surface area contributed by atoms with Gasteiger partial charge < -0.3 is 19.5 Å². The molecule has 1 saturated heterocycles. The maximum atomic E-state index is 12.6. The molecule has 1 aromatic carbocycles. The summed E-state index contributed by atoms with van der Waals surface area (Å²) in [6, 6.07) is 9.51. The van der Waals surface area contributed by atoms with Crippen molar-refractivity contribution in [1.29, 1.82) is 0 Å². The number of aryl methyl sites for hydroxylation is 1. The molecule has 28 heavy (non-hydrogen) atoms. The van der Waals surface area contributed by atoms with Crippen molar-refractivity contribution >= 4 is 5.91 Å². The van der Waals surface area contributed by atoms with Gasteiger partial charge >= 0.3 is 0 Å². The second kappa shape index (κ2) is 9.52. The van der Waals surface area contributed by atoms with Crippen molar-refractivity contribution in [1.82, 2.24) is 15.2 Å². The van der Waals surface area contributed by atoms with Crippen LogP contribution < -0.4 is 14.8 Å². The van der Waals surface area contributed by atoms with E-state index >= 15 is 0 Å². The Morgan fingerprint density at radius 1 is 1.18 bits per heavy atom. The second-order valence-corrected chi connectivity index (χ2v) is 6.68. The zero-order chi connectivity index (χ0) is 19.9. The Kier molecular flexibility index (Phi) is 6.84. The number of hydrogen-bond acceptors (Lipinski definition) is 6. The molecule has 0 spiro atoms. The smallest absolute Gasteiger partial charge is 0.252 e. The molecule has 2 heterocycles. The van der Waals surface area contributed by atoms with E-state index in [9.17, 15) is 4.79 Å². The summed E-state index contributed by atoms with van der Waals surface area (Å²) in [5.41, 5.74) is 2.49. The maximum Gasteiger partial charge on any atom is 0.252 e. The van der Waals surface area contributed by atoms with Gasteiger partial charge in [-0.05, 0) is 36.8 Å². The predicted molar refractivity (Wildman–Crippen MR) is 106 cm³/mol. The Hall–Kier alpha value is -2.64. The van der Waals surface area contributed by atoms with E-state index in [1.807, 2.05) is 31.2 Å². The zero-order valence-corrected chi connectivity index (χ0v) is 16.6. The van der Waals surface area contributed by atoms with Crippen molar-refractivity contribution in [3.63, 3.8) is 0 Å². The van der Waals surface area contributed by atoms with Crippen LogP contribution in [0.15, 0.2) is 36.5 Å². The minimum atomic E-state index is -0.133. The van der Waals surface area contributed by atoms with Crippen molar-refractivity contribution in [2.45, 2.75) is 13.0 Å². The number of ether oxygens (including phenoxy) is 3. The third kappa shape index (κ3) is 4.79. The van der Waals surface area contributed by atoms with Crippen LogP contribution in [0.1, 0.15) is 27.7 Å². The third-order valence-corrected chi connectivity index (χ3v) is 4.91. The highest BCUT2D eigenvalue weighted by molar-refractivity contribution is 5.93. The fourth-order valence-electron chi connectivity index (χ4n) is 3.30. The summed E-state index contributed by atoms with van der Waals surface area (Å²) in [6.07, 6.45) is 1.60. The van der Waals surface area contributed by atoms with E-state index in [1.54, 1.807) is 26.5 Å². The Morgan fingerprint density at radius 3 is 2.57 bits per heavy atom. The van der Waals surface area contributed by atoms with Gasteiger partial charge in [-0.15, -0.1) is 0 Å². The molecule has 2 aromatic rings. The van der Waals surface area contributed by atoms with E-state index in [1.165, 1.54) is 0 Å². The molecular weight excluding hydrogens is 358 g/mol. The third-order valence-electron chi connectivity index (χ3n) is 4.91. The second-order valence-electron chi connectivity index (χ2n) is 6.68. The molecule has 1 aromatic heterocycles. The molecular formula is C21H27N3O4. The van der Waals surface area contributed by atoms with Crippen LogP contribution in [-0.4, -0.2) is 62.9 Å². The number of carbonyl (C=O) groups excluding carboxylic acids is 1. The number of nitrogens with one attached hydrogen (secondary N) is 1. The van der Waals surface area contributed by atoms with Gasteiger partial charge in [-0.2, -0.15) is 0 Å². The minimum Gasteiger partial charge on any atom is -0.493 e. The fraction of sp³-hybridized carbons (Fsp3) is 0.429. The molecule has 0 bridgehead atoms. The monoisotopic (exact) mass is 385 g/mol. The number of benzene rings is 1. The quantitative estimate of drug-likeness (QED) is 0.788. The highest BCUT2D eigenvalue weighted by atomic mass is 16.5. The van der Waals surface area contributed by atoms with Gasteiger partial charge in [0.1, 0.15) is 0 Å². The van der Waals surface area contributed by atoms with Crippen LogP contribution in [-0.2, 0) is 4.74 Å². The fourth-order valence-corrected chi connectivity index (χ4v) is 3.30. The molecule has 150 valence electrons. The average Bonchev–Trinajstić information content (AvgIpc) is 2.74. The molecule has 0 radical (unpaired) electrons. The first-order chi connectivity index (χ1) is 13.6. The lowest BCUT2D eigenvalue weighted by atomic mass is 10.0. The van der Waals surface area contributed by atoms with Gasteiger partial charge in [0, 0.05) is 31.5 Å². The van der Waals surface area contributed by atoms with Gasteiger partial charge in [-0.1, -0.05) is 6.07 Å². The Labute approximate surface area is 165 Å². The number of methoxy groups -OCH3 is 2. The molecule has 0 saturated carbocycles. The van der Waals surface area contributed by atoms with E-state index in [-0.39, 0.29) is 11.9 Å². The summed E-state index contributed by atoms with van der Waals surface area (Å²) in [5, 5.41) is 3.05. The SMILES string of the molecule is COc1ccc(C(CNC(=O)c2ccc(C)nc2)N2CCOCC2)cc1OC. The van der Waals surface area contributed by atoms with Gasteiger partial charge in [-0.3, -0.25) is 14.7 Å². The van der Waals surface area contributed by atoms with Gasteiger partial charge in [0.25, 0.3) is 5.91 Å². The Bertz CT molecular complexity index is 789. The lowest BCUT2D eigenvalue weighted by molar-refractivity contribution is 0.0162. The number of pyridine rings is 1. The van der Waals surface area contributed by atoms with E-state index in [4.69, 9.17) is 14.2 Å². The number of rotatable bonds is 7. The summed E-state index contributed by atoms with van der Waals surface area (Å²) >= 11 is 0. The Balaban J connectivity index is 1.79. The normalized spacial score (nSPS) is 15.7. The van der Waals surface area contributed by atoms with Crippen LogP contribution in [0, 0.1) is 6.92 Å². The van der Waals surface area contributed by atoms with E-state index in [0.717, 1.165) is 24.3 Å². The predicted octanol–water partition coefficient (Wildman–Crippen LogP) is 2.21. The topological polar surface area (TPSA) is 72.9 Å². The first-order valence-electron chi connectivity index (χ1n) is 9.37. The summed E-state index contributed by atoms with van der Waals surface area (Å²) in [5.74, 6) is 1.22. The molecule has 1 N–H and O–H groups in total. The van der Waals surface area contributed by atoms with E-state index in [0.29, 0.717) is 36.8 Å². The molecule has 1 aliphatic rings. The van der Waals surface area contributed by atoms with Crippen LogP contribution in [0.3, 0.4) is 0 Å². The molecule has 1 amide bonds. The summed E-state index contributed by atoms with van der Waals surface area (Å²) in [6.45, 7) is 5.34. The molecule has 1 aliphatic heterocycles. The minimum absolute atomic E-state index is 0.00561. The highest BCUT2D eigenvalue weighted by Gasteiger charge is 2.24. The van der Waals surface area contributed by atoms with Gasteiger partial charge in [0.2, 0.25) is 0 Å². The first kappa shape index (κ1) is 20.1. The van der Waals surface area contributed by atoms with Crippen LogP contribution in [0.25, 0.3) is 0 Å². The van der Waals surface area contributed by atoms with Crippen molar-refractivity contribution < 1.29 is 19.0 Å². The summed E-state index contributed by atoms with van der Waals surface area (Å²) in [4.78, 5) is 19.1. The number of aromatic nitrogens is 1. The molecule has 0 aliphatic carbocycles. The van der Waals surface area contributed by atoms with E-state index in [2.05, 4.69) is 15.2 Å². The lowest BCUT2D eigenvalue weighted by Crippen LogP contribution is -2.43. The number of carbonyl (C=O) groups is 1. The first-order valence-corrected chi connectivity index (χ1v) is 9.37. The largest absolute Gasteiger partial charge is 0.493 e. The molecule has 1 unspecified atom stereocenters. The molecule has 7 heteroatoms. The average molecular weight is 385 g/mol. The van der Waals surface area contributed by atoms with Gasteiger partial charge in [0.15, 0.2) is 11.5 Å². The molecule has 3 rings (SSSR count). The van der Waals surface area contributed by atoms with Gasteiger partial charge in [0.05, 0.1) is 39.0 Å². The Morgan fingerprint density at radius 2 is 1.93 bits per heavy atom. The van der Waals surface area contributed by atoms with Crippen molar-refractivity contribution in [2.24, 2.45) is 0 Å². The lowest BCUT2D eigenvalue weighted by Gasteiger charge is -2.35. The van der Waals surface area contributed by atoms with Crippen molar-refractivity contribution in [2.75, 3.05) is 47.1 Å². The number of morpholine rings is 1. The molecule has 7 nitrogen and oxygen atoms in total. The van der Waals surface area contributed by atoms with Crippen LogP contribution in [0.5, 0.6) is 11.5 Å². The highest BCUT2D eigenvalue weighted by Crippen LogP contribution is 2.32. The maximum absolute atomic E-state index is 12.6. The van der Waals surface area contributed by atoms with Crippen molar-refractivity contribution in [3.8, 4) is 11.5 Å². The summed E-state index contributed by atoms with van der Waals surface area (Å²) in [7, 11) is 3.24. The van der Waals surface area contributed by atoms with Crippen LogP contribution in [0.4, 0.5) is 0 Å². The van der Waals surface area contributed by atoms with Crippen LogP contribution >= 0.6 is 0 Å². The van der Waals surface area contributed by atoms with E-state index < -0.39 is 0 Å². The van der Waals surface area contributed by atoms with Gasteiger partial charge in [-0.25, -0.2) is 0 Å². The number of nitrogens with zero attached hydrogens (tertiary/aromatic N) is 2. The zero-order valence-electron chi connectivity index (χ0n) is 16.6. The standard InChI is InChI=1S/C21H27N3O4/c1-15-4-5-17(13-22-15)21(25)23-14-18(24-8-10-28-11-9-24)16-6-7-19(26-2)20(12-16)27-3/h4-7,12-13,18H,8-11,14H2,1-3H3,(H,23,25). The number of amides is 1. The molecule has 1 fully saturated rings. The van der Waals surface area contributed by atoms with Crippen LogP contribution in [0.2, 0.25) is 0 Å².